The van der Waals surface area contributed by atoms with Crippen molar-refractivity contribution in [3.05, 3.63) is 52.7 Å². The van der Waals surface area contributed by atoms with E-state index < -0.39 is 0 Å². The molecule has 0 bridgehead atoms. The van der Waals surface area contributed by atoms with E-state index in [0.717, 1.165) is 45.8 Å². The Balaban J connectivity index is 1.34. The molecule has 1 aliphatic rings. The Morgan fingerprint density at radius 2 is 1.76 bits per heavy atom. The molecule has 3 nitrogen and oxygen atoms in total. The standard InChI is InChI=1S/C17H23N3S/c1-2-5-16(6-3-1)20-12-10-19(11-13-20)9-8-18-15-17-7-4-14-21-17/h1-7,14,18H,8-13,15H2. The van der Waals surface area contributed by atoms with Crippen LogP contribution < -0.4 is 10.2 Å². The van der Waals surface area contributed by atoms with Crippen LogP contribution in [0.1, 0.15) is 4.88 Å². The molecule has 2 aromatic rings. The average molecular weight is 301 g/mol. The van der Waals surface area contributed by atoms with Crippen molar-refractivity contribution >= 4 is 17.0 Å². The molecule has 0 spiro atoms. The zero-order chi connectivity index (χ0) is 14.3. The lowest BCUT2D eigenvalue weighted by atomic mass is 10.2. The molecule has 4 heteroatoms. The predicted octanol–water partition coefficient (Wildman–Crippen LogP) is 2.66. The Morgan fingerprint density at radius 3 is 2.48 bits per heavy atom. The third-order valence-corrected chi connectivity index (χ3v) is 4.85. The summed E-state index contributed by atoms with van der Waals surface area (Å²) in [6.07, 6.45) is 0. The molecule has 1 N–H and O–H groups in total. The number of hydrogen-bond donors (Lipinski definition) is 1. The number of piperazine rings is 1. The SMILES string of the molecule is c1ccc(N2CCN(CCNCc3cccs3)CC2)cc1. The number of thiophene rings is 1. The maximum absolute atomic E-state index is 3.53. The first-order valence-electron chi connectivity index (χ1n) is 7.67. The van der Waals surface area contributed by atoms with Gasteiger partial charge in [-0.25, -0.2) is 0 Å². The summed E-state index contributed by atoms with van der Waals surface area (Å²) in [7, 11) is 0. The van der Waals surface area contributed by atoms with Crippen LogP contribution in [0.4, 0.5) is 5.69 Å². The minimum atomic E-state index is 1.00. The van der Waals surface area contributed by atoms with E-state index in [-0.39, 0.29) is 0 Å². The lowest BCUT2D eigenvalue weighted by molar-refractivity contribution is 0.257. The van der Waals surface area contributed by atoms with Crippen LogP contribution in [0.5, 0.6) is 0 Å². The summed E-state index contributed by atoms with van der Waals surface area (Å²) in [5.74, 6) is 0. The molecule has 1 aromatic heterocycles. The molecule has 1 aliphatic heterocycles. The van der Waals surface area contributed by atoms with Gasteiger partial charge in [0.2, 0.25) is 0 Å². The molecule has 1 aromatic carbocycles. The summed E-state index contributed by atoms with van der Waals surface area (Å²) in [5, 5.41) is 5.67. The van der Waals surface area contributed by atoms with Crippen LogP contribution in [-0.4, -0.2) is 44.2 Å². The molecule has 3 rings (SSSR count). The second-order valence-electron chi connectivity index (χ2n) is 5.42. The third-order valence-electron chi connectivity index (χ3n) is 3.98. The number of hydrogen-bond acceptors (Lipinski definition) is 4. The van der Waals surface area contributed by atoms with Crippen LogP contribution in [0.3, 0.4) is 0 Å². The fraction of sp³-hybridized carbons (Fsp3) is 0.412. The topological polar surface area (TPSA) is 18.5 Å². The average Bonchev–Trinajstić information content (AvgIpc) is 3.06. The molecule has 112 valence electrons. The van der Waals surface area contributed by atoms with Gasteiger partial charge >= 0.3 is 0 Å². The highest BCUT2D eigenvalue weighted by molar-refractivity contribution is 7.09. The molecular weight excluding hydrogens is 278 g/mol. The van der Waals surface area contributed by atoms with Gasteiger partial charge in [-0.15, -0.1) is 11.3 Å². The molecule has 0 aliphatic carbocycles. The highest BCUT2D eigenvalue weighted by Gasteiger charge is 2.16. The van der Waals surface area contributed by atoms with Gasteiger partial charge in [0.15, 0.2) is 0 Å². The number of para-hydroxylation sites is 1. The Hall–Kier alpha value is -1.36. The highest BCUT2D eigenvalue weighted by atomic mass is 32.1. The van der Waals surface area contributed by atoms with E-state index in [1.807, 2.05) is 11.3 Å². The fourth-order valence-electron chi connectivity index (χ4n) is 2.73. The highest BCUT2D eigenvalue weighted by Crippen LogP contribution is 2.15. The van der Waals surface area contributed by atoms with Crippen molar-refractivity contribution in [2.24, 2.45) is 0 Å². The number of benzene rings is 1. The summed E-state index contributed by atoms with van der Waals surface area (Å²) in [6, 6.07) is 15.0. The summed E-state index contributed by atoms with van der Waals surface area (Å²) < 4.78 is 0. The predicted molar refractivity (Wildman–Crippen MR) is 91.1 cm³/mol. The molecule has 1 fully saturated rings. The van der Waals surface area contributed by atoms with Gasteiger partial charge in [0.1, 0.15) is 0 Å². The Kier molecular flexibility index (Phi) is 5.27. The van der Waals surface area contributed by atoms with Crippen molar-refractivity contribution in [2.75, 3.05) is 44.2 Å². The first kappa shape index (κ1) is 14.6. The van der Waals surface area contributed by atoms with Crippen molar-refractivity contribution in [1.82, 2.24) is 10.2 Å². The van der Waals surface area contributed by atoms with Crippen molar-refractivity contribution in [3.8, 4) is 0 Å². The Morgan fingerprint density at radius 1 is 0.952 bits per heavy atom. The summed E-state index contributed by atoms with van der Waals surface area (Å²) in [5.41, 5.74) is 1.35. The van der Waals surface area contributed by atoms with Crippen molar-refractivity contribution in [3.63, 3.8) is 0 Å². The van der Waals surface area contributed by atoms with Gasteiger partial charge in [-0.05, 0) is 23.6 Å². The summed E-state index contributed by atoms with van der Waals surface area (Å²) >= 11 is 1.82. The maximum atomic E-state index is 3.53. The van der Waals surface area contributed by atoms with Crippen LogP contribution in [0.15, 0.2) is 47.8 Å². The van der Waals surface area contributed by atoms with E-state index in [2.05, 4.69) is 63.0 Å². The van der Waals surface area contributed by atoms with Gasteiger partial charge < -0.3 is 10.2 Å². The monoisotopic (exact) mass is 301 g/mol. The molecule has 0 saturated carbocycles. The number of nitrogens with one attached hydrogen (secondary N) is 1. The molecule has 1 saturated heterocycles. The quantitative estimate of drug-likeness (QED) is 0.828. The Bertz CT molecular complexity index is 504. The van der Waals surface area contributed by atoms with E-state index in [9.17, 15) is 0 Å². The van der Waals surface area contributed by atoms with E-state index >= 15 is 0 Å². The second-order valence-corrected chi connectivity index (χ2v) is 6.45. The number of anilines is 1. The number of rotatable bonds is 6. The van der Waals surface area contributed by atoms with E-state index in [0.29, 0.717) is 0 Å². The van der Waals surface area contributed by atoms with E-state index in [4.69, 9.17) is 0 Å². The van der Waals surface area contributed by atoms with Gasteiger partial charge in [-0.3, -0.25) is 4.90 Å². The van der Waals surface area contributed by atoms with Crippen LogP contribution >= 0.6 is 11.3 Å². The first-order valence-corrected chi connectivity index (χ1v) is 8.55. The molecular formula is C17H23N3S. The van der Waals surface area contributed by atoms with Gasteiger partial charge in [-0.2, -0.15) is 0 Å². The van der Waals surface area contributed by atoms with Crippen LogP contribution in [0.2, 0.25) is 0 Å². The smallest absolute Gasteiger partial charge is 0.0367 e. The molecule has 0 radical (unpaired) electrons. The molecule has 2 heterocycles. The lowest BCUT2D eigenvalue weighted by Gasteiger charge is -2.36. The van der Waals surface area contributed by atoms with Crippen molar-refractivity contribution < 1.29 is 0 Å². The van der Waals surface area contributed by atoms with Crippen LogP contribution in [0, 0.1) is 0 Å². The van der Waals surface area contributed by atoms with E-state index in [1.54, 1.807) is 0 Å². The van der Waals surface area contributed by atoms with Gasteiger partial charge in [0, 0.05) is 56.4 Å². The third kappa shape index (κ3) is 4.30. The minimum Gasteiger partial charge on any atom is -0.369 e. The van der Waals surface area contributed by atoms with E-state index in [1.165, 1.54) is 10.6 Å². The van der Waals surface area contributed by atoms with Crippen LogP contribution in [-0.2, 0) is 6.54 Å². The normalized spacial score (nSPS) is 16.3. The first-order chi connectivity index (χ1) is 10.4. The molecule has 0 atom stereocenters. The molecule has 0 unspecified atom stereocenters. The van der Waals surface area contributed by atoms with Crippen LogP contribution in [0.25, 0.3) is 0 Å². The minimum absolute atomic E-state index is 1.00. The summed E-state index contributed by atoms with van der Waals surface area (Å²) in [4.78, 5) is 6.46. The molecule has 0 amide bonds. The molecule has 21 heavy (non-hydrogen) atoms. The van der Waals surface area contributed by atoms with Crippen molar-refractivity contribution in [2.45, 2.75) is 6.54 Å². The van der Waals surface area contributed by atoms with Gasteiger partial charge in [-0.1, -0.05) is 24.3 Å². The maximum Gasteiger partial charge on any atom is 0.0367 e. The van der Waals surface area contributed by atoms with Gasteiger partial charge in [0.05, 0.1) is 0 Å². The summed E-state index contributed by atoms with van der Waals surface area (Å²) in [6.45, 7) is 7.81. The zero-order valence-corrected chi connectivity index (χ0v) is 13.2. The fourth-order valence-corrected chi connectivity index (χ4v) is 3.40. The zero-order valence-electron chi connectivity index (χ0n) is 12.4. The van der Waals surface area contributed by atoms with Crippen molar-refractivity contribution in [1.29, 1.82) is 0 Å². The number of nitrogens with zero attached hydrogens (tertiary/aromatic N) is 2. The largest absolute Gasteiger partial charge is 0.369 e. The second kappa shape index (κ2) is 7.59. The van der Waals surface area contributed by atoms with Gasteiger partial charge in [0.25, 0.3) is 0 Å². The lowest BCUT2D eigenvalue weighted by Crippen LogP contribution is -2.48. The Labute approximate surface area is 131 Å².